The minimum absolute atomic E-state index is 0.0126. The van der Waals surface area contributed by atoms with Gasteiger partial charge in [0.1, 0.15) is 0 Å². The molecule has 1 heterocycles. The van der Waals surface area contributed by atoms with E-state index in [9.17, 15) is 5.11 Å². The van der Waals surface area contributed by atoms with Gasteiger partial charge in [0.15, 0.2) is 5.96 Å². The second kappa shape index (κ2) is 8.01. The minimum Gasteiger partial charge on any atom is -0.392 e. The third kappa shape index (κ3) is 4.89. The van der Waals surface area contributed by atoms with Crippen molar-refractivity contribution < 1.29 is 5.11 Å². The summed E-state index contributed by atoms with van der Waals surface area (Å²) in [5, 5.41) is 12.3. The molecule has 21 heavy (non-hydrogen) atoms. The second-order valence-corrected chi connectivity index (χ2v) is 4.63. The molecule has 0 aliphatic heterocycles. The molecule has 0 radical (unpaired) electrons. The first-order valence-corrected chi connectivity index (χ1v) is 6.91. The van der Waals surface area contributed by atoms with Crippen LogP contribution in [0.4, 0.5) is 0 Å². The second-order valence-electron chi connectivity index (χ2n) is 4.63. The van der Waals surface area contributed by atoms with Crippen molar-refractivity contribution in [1.29, 1.82) is 0 Å². The fourth-order valence-corrected chi connectivity index (χ4v) is 1.96. The molecule has 0 spiro atoms. The summed E-state index contributed by atoms with van der Waals surface area (Å²) in [5.74, 6) is 0.402. The third-order valence-corrected chi connectivity index (χ3v) is 3.12. The van der Waals surface area contributed by atoms with Crippen molar-refractivity contribution in [2.24, 2.45) is 10.7 Å². The van der Waals surface area contributed by atoms with Gasteiger partial charge in [0.05, 0.1) is 13.2 Å². The first kappa shape index (κ1) is 15.0. The lowest BCUT2D eigenvalue weighted by Gasteiger charge is -2.07. The van der Waals surface area contributed by atoms with E-state index in [2.05, 4.69) is 15.3 Å². The summed E-state index contributed by atoms with van der Waals surface area (Å²) in [6.45, 7) is 1.16. The van der Waals surface area contributed by atoms with E-state index in [4.69, 9.17) is 5.73 Å². The quantitative estimate of drug-likeness (QED) is 0.550. The van der Waals surface area contributed by atoms with Crippen LogP contribution in [0.25, 0.3) is 0 Å². The number of pyridine rings is 1. The summed E-state index contributed by atoms with van der Waals surface area (Å²) in [6, 6.07) is 13.5. The van der Waals surface area contributed by atoms with Gasteiger partial charge in [-0.05, 0) is 23.3 Å². The highest BCUT2D eigenvalue weighted by Gasteiger charge is 2.00. The van der Waals surface area contributed by atoms with Crippen LogP contribution in [0.5, 0.6) is 0 Å². The monoisotopic (exact) mass is 284 g/mol. The van der Waals surface area contributed by atoms with Gasteiger partial charge in [0.25, 0.3) is 0 Å². The van der Waals surface area contributed by atoms with E-state index in [1.165, 1.54) is 0 Å². The number of guanidine groups is 1. The summed E-state index contributed by atoms with van der Waals surface area (Å²) in [4.78, 5) is 8.53. The minimum atomic E-state index is 0.0126. The molecule has 5 heteroatoms. The Balaban J connectivity index is 1.81. The SMILES string of the molecule is NC(=NCc1ccccc1CO)NCCc1ccccn1. The van der Waals surface area contributed by atoms with Crippen LogP contribution in [0.1, 0.15) is 16.8 Å². The van der Waals surface area contributed by atoms with Gasteiger partial charge < -0.3 is 16.2 Å². The van der Waals surface area contributed by atoms with Crippen molar-refractivity contribution in [3.05, 3.63) is 65.5 Å². The van der Waals surface area contributed by atoms with Crippen molar-refractivity contribution in [3.8, 4) is 0 Å². The molecule has 2 aromatic rings. The van der Waals surface area contributed by atoms with Gasteiger partial charge in [-0.3, -0.25) is 4.98 Å². The standard InChI is InChI=1S/C16H20N4O/c17-16(19-10-8-15-7-3-4-9-18-15)20-11-13-5-1-2-6-14(13)12-21/h1-7,9,21H,8,10-12H2,(H3,17,19,20). The Morgan fingerprint density at radius 2 is 1.90 bits per heavy atom. The molecule has 0 bridgehead atoms. The summed E-state index contributed by atoms with van der Waals surface area (Å²) < 4.78 is 0. The third-order valence-electron chi connectivity index (χ3n) is 3.12. The maximum Gasteiger partial charge on any atom is 0.188 e. The van der Waals surface area contributed by atoms with Crippen LogP contribution >= 0.6 is 0 Å². The number of hydrogen-bond acceptors (Lipinski definition) is 3. The first-order chi connectivity index (χ1) is 10.3. The number of hydrogen-bond donors (Lipinski definition) is 3. The molecule has 0 aliphatic carbocycles. The average Bonchev–Trinajstić information content (AvgIpc) is 2.54. The lowest BCUT2D eigenvalue weighted by Crippen LogP contribution is -2.33. The molecule has 110 valence electrons. The molecule has 0 saturated heterocycles. The molecular weight excluding hydrogens is 264 g/mol. The van der Waals surface area contributed by atoms with E-state index in [0.717, 1.165) is 23.2 Å². The van der Waals surface area contributed by atoms with Crippen LogP contribution < -0.4 is 11.1 Å². The molecule has 0 amide bonds. The van der Waals surface area contributed by atoms with Crippen molar-refractivity contribution in [2.75, 3.05) is 6.54 Å². The predicted molar refractivity (Wildman–Crippen MR) is 83.6 cm³/mol. The number of aliphatic hydroxyl groups is 1. The predicted octanol–water partition coefficient (Wildman–Crippen LogP) is 1.22. The number of nitrogens with two attached hydrogens (primary N) is 1. The van der Waals surface area contributed by atoms with Crippen LogP contribution in [0, 0.1) is 0 Å². The maximum absolute atomic E-state index is 9.25. The lowest BCUT2D eigenvalue weighted by atomic mass is 10.1. The van der Waals surface area contributed by atoms with Crippen LogP contribution in [-0.2, 0) is 19.6 Å². The molecule has 4 N–H and O–H groups in total. The van der Waals surface area contributed by atoms with Crippen LogP contribution in [0.15, 0.2) is 53.7 Å². The lowest BCUT2D eigenvalue weighted by molar-refractivity contribution is 0.280. The molecule has 0 atom stereocenters. The molecule has 5 nitrogen and oxygen atoms in total. The highest BCUT2D eigenvalue weighted by molar-refractivity contribution is 5.77. The van der Waals surface area contributed by atoms with E-state index >= 15 is 0 Å². The number of aliphatic hydroxyl groups excluding tert-OH is 1. The largest absolute Gasteiger partial charge is 0.392 e. The molecule has 0 saturated carbocycles. The zero-order valence-corrected chi connectivity index (χ0v) is 11.9. The Kier molecular flexibility index (Phi) is 5.72. The van der Waals surface area contributed by atoms with Gasteiger partial charge in [-0.2, -0.15) is 0 Å². The number of nitrogens with one attached hydrogen (secondary N) is 1. The number of nitrogens with zero attached hydrogens (tertiary/aromatic N) is 2. The number of benzene rings is 1. The molecule has 1 aromatic heterocycles. The highest BCUT2D eigenvalue weighted by Crippen LogP contribution is 2.09. The van der Waals surface area contributed by atoms with Gasteiger partial charge in [0, 0.05) is 24.9 Å². The first-order valence-electron chi connectivity index (χ1n) is 6.91. The van der Waals surface area contributed by atoms with Gasteiger partial charge in [-0.25, -0.2) is 4.99 Å². The number of aliphatic imine (C=N–C) groups is 1. The van der Waals surface area contributed by atoms with Gasteiger partial charge in [0.2, 0.25) is 0 Å². The summed E-state index contributed by atoms with van der Waals surface area (Å²) in [5.41, 5.74) is 8.71. The molecule has 0 unspecified atom stereocenters. The van der Waals surface area contributed by atoms with Gasteiger partial charge >= 0.3 is 0 Å². The Bertz CT molecular complexity index is 584. The van der Waals surface area contributed by atoms with E-state index in [1.807, 2.05) is 42.5 Å². The molecule has 0 aliphatic rings. The van der Waals surface area contributed by atoms with Crippen LogP contribution in [0.3, 0.4) is 0 Å². The maximum atomic E-state index is 9.25. The number of aromatic nitrogens is 1. The normalized spacial score (nSPS) is 11.4. The van der Waals surface area contributed by atoms with Crippen molar-refractivity contribution >= 4 is 5.96 Å². The van der Waals surface area contributed by atoms with E-state index in [-0.39, 0.29) is 6.61 Å². The molecule has 2 rings (SSSR count). The highest BCUT2D eigenvalue weighted by atomic mass is 16.3. The smallest absolute Gasteiger partial charge is 0.188 e. The van der Waals surface area contributed by atoms with Gasteiger partial charge in [-0.15, -0.1) is 0 Å². The number of rotatable bonds is 6. The summed E-state index contributed by atoms with van der Waals surface area (Å²) in [7, 11) is 0. The van der Waals surface area contributed by atoms with Crippen molar-refractivity contribution in [1.82, 2.24) is 10.3 Å². The molecule has 1 aromatic carbocycles. The van der Waals surface area contributed by atoms with E-state index < -0.39 is 0 Å². The van der Waals surface area contributed by atoms with E-state index in [1.54, 1.807) is 6.20 Å². The van der Waals surface area contributed by atoms with Crippen LogP contribution in [0.2, 0.25) is 0 Å². The fourth-order valence-electron chi connectivity index (χ4n) is 1.96. The van der Waals surface area contributed by atoms with Crippen molar-refractivity contribution in [2.45, 2.75) is 19.6 Å². The Labute approximate surface area is 124 Å². The summed E-state index contributed by atoms with van der Waals surface area (Å²) >= 11 is 0. The summed E-state index contributed by atoms with van der Waals surface area (Å²) in [6.07, 6.45) is 2.57. The molecular formula is C16H20N4O. The molecule has 0 fully saturated rings. The zero-order valence-electron chi connectivity index (χ0n) is 11.9. The fraction of sp³-hybridized carbons (Fsp3) is 0.250. The van der Waals surface area contributed by atoms with E-state index in [0.29, 0.717) is 19.0 Å². The van der Waals surface area contributed by atoms with Crippen molar-refractivity contribution in [3.63, 3.8) is 0 Å². The Morgan fingerprint density at radius 3 is 2.62 bits per heavy atom. The Hall–Kier alpha value is -2.40. The average molecular weight is 284 g/mol. The topological polar surface area (TPSA) is 83.5 Å². The Morgan fingerprint density at radius 1 is 1.14 bits per heavy atom. The van der Waals surface area contributed by atoms with Crippen LogP contribution in [-0.4, -0.2) is 22.6 Å². The van der Waals surface area contributed by atoms with Gasteiger partial charge in [-0.1, -0.05) is 30.3 Å². The zero-order chi connectivity index (χ0) is 14.9.